The van der Waals surface area contributed by atoms with Gasteiger partial charge in [-0.25, -0.2) is 18.3 Å². The standard InChI is InChI=1S/C15H13F2N5O/c1-8-4-12(20-14-6-13(18)21-22(8)14)15(23)19-7-9-2-3-10(16)11(17)5-9/h2-6H,7H2,1H3,(H2,18,21)(H,19,23). The predicted molar refractivity (Wildman–Crippen MR) is 79.7 cm³/mol. The van der Waals surface area contributed by atoms with Gasteiger partial charge in [-0.3, -0.25) is 4.79 Å². The normalized spacial score (nSPS) is 10.9. The molecule has 0 spiro atoms. The van der Waals surface area contributed by atoms with Crippen LogP contribution >= 0.6 is 0 Å². The summed E-state index contributed by atoms with van der Waals surface area (Å²) in [6, 6.07) is 6.58. The van der Waals surface area contributed by atoms with Crippen molar-refractivity contribution in [1.82, 2.24) is 19.9 Å². The maximum absolute atomic E-state index is 13.1. The van der Waals surface area contributed by atoms with Gasteiger partial charge < -0.3 is 11.1 Å². The summed E-state index contributed by atoms with van der Waals surface area (Å²) in [4.78, 5) is 16.3. The number of amides is 1. The van der Waals surface area contributed by atoms with Crippen molar-refractivity contribution in [3.05, 3.63) is 58.9 Å². The van der Waals surface area contributed by atoms with Gasteiger partial charge >= 0.3 is 0 Å². The van der Waals surface area contributed by atoms with Crippen LogP contribution in [0.5, 0.6) is 0 Å². The lowest BCUT2D eigenvalue weighted by atomic mass is 10.2. The van der Waals surface area contributed by atoms with Crippen molar-refractivity contribution in [1.29, 1.82) is 0 Å². The highest BCUT2D eigenvalue weighted by atomic mass is 19.2. The molecule has 6 nitrogen and oxygen atoms in total. The van der Waals surface area contributed by atoms with Gasteiger partial charge in [-0.1, -0.05) is 6.07 Å². The molecule has 2 heterocycles. The number of benzene rings is 1. The molecular formula is C15H13F2N5O. The molecule has 0 fully saturated rings. The van der Waals surface area contributed by atoms with E-state index in [4.69, 9.17) is 5.73 Å². The van der Waals surface area contributed by atoms with Crippen LogP contribution in [0.3, 0.4) is 0 Å². The maximum Gasteiger partial charge on any atom is 0.270 e. The van der Waals surface area contributed by atoms with E-state index in [1.54, 1.807) is 19.1 Å². The largest absolute Gasteiger partial charge is 0.382 e. The second-order valence-electron chi connectivity index (χ2n) is 5.05. The molecule has 8 heteroatoms. The Morgan fingerprint density at radius 2 is 2.04 bits per heavy atom. The van der Waals surface area contributed by atoms with Crippen molar-refractivity contribution in [2.75, 3.05) is 5.73 Å². The molecule has 0 saturated carbocycles. The second-order valence-corrected chi connectivity index (χ2v) is 5.05. The number of nitrogens with zero attached hydrogens (tertiary/aromatic N) is 3. The van der Waals surface area contributed by atoms with Crippen LogP contribution in [-0.2, 0) is 6.54 Å². The Bertz CT molecular complexity index is 906. The Kier molecular flexibility index (Phi) is 3.65. The van der Waals surface area contributed by atoms with E-state index in [-0.39, 0.29) is 12.2 Å². The van der Waals surface area contributed by atoms with Gasteiger partial charge in [-0.2, -0.15) is 0 Å². The van der Waals surface area contributed by atoms with Crippen LogP contribution in [0.4, 0.5) is 14.6 Å². The summed E-state index contributed by atoms with van der Waals surface area (Å²) in [6.45, 7) is 1.83. The Morgan fingerprint density at radius 1 is 1.26 bits per heavy atom. The number of halogens is 2. The number of hydrogen-bond donors (Lipinski definition) is 2. The predicted octanol–water partition coefficient (Wildman–Crippen LogP) is 1.83. The molecule has 0 aliphatic heterocycles. The Labute approximate surface area is 129 Å². The molecule has 3 N–H and O–H groups in total. The van der Waals surface area contributed by atoms with Crippen molar-refractivity contribution in [3.8, 4) is 0 Å². The van der Waals surface area contributed by atoms with E-state index in [1.165, 1.54) is 10.6 Å². The fourth-order valence-electron chi connectivity index (χ4n) is 2.18. The Morgan fingerprint density at radius 3 is 2.78 bits per heavy atom. The van der Waals surface area contributed by atoms with E-state index in [2.05, 4.69) is 15.4 Å². The smallest absolute Gasteiger partial charge is 0.270 e. The molecule has 0 radical (unpaired) electrons. The van der Waals surface area contributed by atoms with E-state index in [0.717, 1.165) is 12.1 Å². The molecule has 1 aromatic carbocycles. The van der Waals surface area contributed by atoms with Gasteiger partial charge in [-0.05, 0) is 30.7 Å². The summed E-state index contributed by atoms with van der Waals surface area (Å²) in [5.74, 6) is -2.01. The fraction of sp³-hybridized carbons (Fsp3) is 0.133. The minimum atomic E-state index is -0.957. The van der Waals surface area contributed by atoms with Crippen LogP contribution in [0.25, 0.3) is 5.65 Å². The van der Waals surface area contributed by atoms with Crippen LogP contribution in [0.2, 0.25) is 0 Å². The zero-order chi connectivity index (χ0) is 16.6. The monoisotopic (exact) mass is 317 g/mol. The third-order valence-electron chi connectivity index (χ3n) is 3.29. The SMILES string of the molecule is Cc1cc(C(=O)NCc2ccc(F)c(F)c2)nc2cc(N)nn12. The first-order valence-electron chi connectivity index (χ1n) is 6.79. The van der Waals surface area contributed by atoms with E-state index in [0.29, 0.717) is 22.7 Å². The number of anilines is 1. The van der Waals surface area contributed by atoms with Crippen LogP contribution in [0.1, 0.15) is 21.7 Å². The highest BCUT2D eigenvalue weighted by Crippen LogP contribution is 2.11. The van der Waals surface area contributed by atoms with Gasteiger partial charge in [0.25, 0.3) is 5.91 Å². The molecule has 0 bridgehead atoms. The number of hydrogen-bond acceptors (Lipinski definition) is 4. The summed E-state index contributed by atoms with van der Waals surface area (Å²) in [7, 11) is 0. The molecular weight excluding hydrogens is 304 g/mol. The molecule has 118 valence electrons. The minimum absolute atomic E-state index is 0.0589. The summed E-state index contributed by atoms with van der Waals surface area (Å²) in [6.07, 6.45) is 0. The highest BCUT2D eigenvalue weighted by molar-refractivity contribution is 5.92. The van der Waals surface area contributed by atoms with Gasteiger partial charge in [0.15, 0.2) is 17.3 Å². The molecule has 2 aromatic heterocycles. The van der Waals surface area contributed by atoms with Crippen LogP contribution < -0.4 is 11.1 Å². The zero-order valence-corrected chi connectivity index (χ0v) is 12.2. The van der Waals surface area contributed by atoms with E-state index in [1.807, 2.05) is 0 Å². The molecule has 0 unspecified atom stereocenters. The Balaban J connectivity index is 1.79. The van der Waals surface area contributed by atoms with Gasteiger partial charge in [0.2, 0.25) is 0 Å². The van der Waals surface area contributed by atoms with Crippen LogP contribution in [-0.4, -0.2) is 20.5 Å². The number of aromatic nitrogens is 3. The van der Waals surface area contributed by atoms with Crippen molar-refractivity contribution < 1.29 is 13.6 Å². The van der Waals surface area contributed by atoms with Crippen molar-refractivity contribution >= 4 is 17.4 Å². The summed E-state index contributed by atoms with van der Waals surface area (Å²) >= 11 is 0. The maximum atomic E-state index is 13.1. The van der Waals surface area contributed by atoms with E-state index in [9.17, 15) is 13.6 Å². The molecule has 0 aliphatic rings. The summed E-state index contributed by atoms with van der Waals surface area (Å²) in [5, 5.41) is 6.66. The average molecular weight is 317 g/mol. The number of nitrogen functional groups attached to an aromatic ring is 1. The van der Waals surface area contributed by atoms with Gasteiger partial charge in [0, 0.05) is 18.3 Å². The zero-order valence-electron chi connectivity index (χ0n) is 12.2. The van der Waals surface area contributed by atoms with Crippen molar-refractivity contribution in [2.45, 2.75) is 13.5 Å². The van der Waals surface area contributed by atoms with Crippen molar-refractivity contribution in [3.63, 3.8) is 0 Å². The summed E-state index contributed by atoms with van der Waals surface area (Å²) in [5.41, 5.74) is 7.41. The first kappa shape index (κ1) is 14.9. The lowest BCUT2D eigenvalue weighted by Crippen LogP contribution is -2.24. The fourth-order valence-corrected chi connectivity index (χ4v) is 2.18. The number of nitrogens with two attached hydrogens (primary N) is 1. The van der Waals surface area contributed by atoms with Crippen LogP contribution in [0.15, 0.2) is 30.3 Å². The third kappa shape index (κ3) is 2.96. The van der Waals surface area contributed by atoms with Gasteiger partial charge in [0.1, 0.15) is 11.5 Å². The lowest BCUT2D eigenvalue weighted by Gasteiger charge is -2.07. The molecule has 3 aromatic rings. The van der Waals surface area contributed by atoms with Gasteiger partial charge in [-0.15, -0.1) is 5.10 Å². The number of carbonyl (C=O) groups is 1. The van der Waals surface area contributed by atoms with E-state index < -0.39 is 17.5 Å². The molecule has 3 rings (SSSR count). The molecule has 23 heavy (non-hydrogen) atoms. The first-order chi connectivity index (χ1) is 10.9. The average Bonchev–Trinajstić information content (AvgIpc) is 2.89. The lowest BCUT2D eigenvalue weighted by molar-refractivity contribution is 0.0946. The number of rotatable bonds is 3. The Hall–Kier alpha value is -3.03. The van der Waals surface area contributed by atoms with Crippen molar-refractivity contribution in [2.24, 2.45) is 0 Å². The number of aryl methyl sites for hydroxylation is 1. The van der Waals surface area contributed by atoms with Crippen LogP contribution in [0, 0.1) is 18.6 Å². The topological polar surface area (TPSA) is 85.3 Å². The second kappa shape index (κ2) is 5.64. The number of fused-ring (bicyclic) bond motifs is 1. The molecule has 0 aliphatic carbocycles. The molecule has 1 amide bonds. The first-order valence-corrected chi connectivity index (χ1v) is 6.79. The third-order valence-corrected chi connectivity index (χ3v) is 3.29. The number of carbonyl (C=O) groups excluding carboxylic acids is 1. The number of nitrogens with one attached hydrogen (secondary N) is 1. The quantitative estimate of drug-likeness (QED) is 0.772. The molecule has 0 atom stereocenters. The summed E-state index contributed by atoms with van der Waals surface area (Å²) < 4.78 is 27.5. The molecule has 0 saturated heterocycles. The van der Waals surface area contributed by atoms with E-state index >= 15 is 0 Å². The highest BCUT2D eigenvalue weighted by Gasteiger charge is 2.12. The minimum Gasteiger partial charge on any atom is -0.382 e. The van der Waals surface area contributed by atoms with Gasteiger partial charge in [0.05, 0.1) is 0 Å².